The zero-order chi connectivity index (χ0) is 15.2. The Labute approximate surface area is 126 Å². The van der Waals surface area contributed by atoms with E-state index in [0.717, 1.165) is 5.56 Å². The van der Waals surface area contributed by atoms with Crippen LogP contribution in [0.15, 0.2) is 48.8 Å². The van der Waals surface area contributed by atoms with Crippen molar-refractivity contribution in [3.63, 3.8) is 0 Å². The summed E-state index contributed by atoms with van der Waals surface area (Å²) in [4.78, 5) is 27.1. The molecule has 21 heavy (non-hydrogen) atoms. The van der Waals surface area contributed by atoms with Crippen LogP contribution in [-0.2, 0) is 11.2 Å². The summed E-state index contributed by atoms with van der Waals surface area (Å²) in [6.45, 7) is 0. The Balaban J connectivity index is 2.07. The zero-order valence-corrected chi connectivity index (χ0v) is 11.7. The van der Waals surface area contributed by atoms with Gasteiger partial charge in [0.25, 0.3) is 5.91 Å². The molecule has 108 valence electrons. The minimum atomic E-state index is -1.10. The molecular weight excluding hydrogens is 292 g/mol. The van der Waals surface area contributed by atoms with E-state index in [1.54, 1.807) is 42.6 Å². The van der Waals surface area contributed by atoms with E-state index < -0.39 is 17.9 Å². The molecule has 0 radical (unpaired) electrons. The first-order valence-electron chi connectivity index (χ1n) is 6.24. The second-order valence-electron chi connectivity index (χ2n) is 4.44. The number of nitrogens with one attached hydrogen (secondary N) is 1. The molecule has 1 aromatic carbocycles. The standard InChI is InChI=1S/C15H13ClN2O3/c16-12-5-3-10(4-6-12)8-13(15(20)21)18-14(19)11-2-1-7-17-9-11/h1-7,9,13H,8H2,(H,18,19)(H,20,21)/t13-/m1/s1. The van der Waals surface area contributed by atoms with Crippen LogP contribution < -0.4 is 5.32 Å². The molecule has 0 aliphatic carbocycles. The molecule has 0 saturated carbocycles. The van der Waals surface area contributed by atoms with Crippen LogP contribution in [0.3, 0.4) is 0 Å². The van der Waals surface area contributed by atoms with E-state index >= 15 is 0 Å². The van der Waals surface area contributed by atoms with Crippen molar-refractivity contribution in [2.45, 2.75) is 12.5 Å². The van der Waals surface area contributed by atoms with Crippen molar-refractivity contribution in [3.8, 4) is 0 Å². The number of carboxylic acids is 1. The molecule has 0 fully saturated rings. The molecule has 2 N–H and O–H groups in total. The number of rotatable bonds is 5. The van der Waals surface area contributed by atoms with Crippen LogP contribution >= 0.6 is 11.6 Å². The number of pyridine rings is 1. The summed E-state index contributed by atoms with van der Waals surface area (Å²) in [5, 5.41) is 12.3. The average Bonchev–Trinajstić information content (AvgIpc) is 2.49. The van der Waals surface area contributed by atoms with E-state index in [0.29, 0.717) is 10.6 Å². The molecule has 6 heteroatoms. The van der Waals surface area contributed by atoms with Gasteiger partial charge in [0.1, 0.15) is 6.04 Å². The van der Waals surface area contributed by atoms with Gasteiger partial charge < -0.3 is 10.4 Å². The molecule has 0 aliphatic heterocycles. The molecule has 1 amide bonds. The third kappa shape index (κ3) is 4.29. The molecule has 1 aromatic heterocycles. The lowest BCUT2D eigenvalue weighted by atomic mass is 10.1. The first-order chi connectivity index (χ1) is 10.1. The smallest absolute Gasteiger partial charge is 0.326 e. The lowest BCUT2D eigenvalue weighted by Gasteiger charge is -2.14. The van der Waals surface area contributed by atoms with Crippen LogP contribution in [0.5, 0.6) is 0 Å². The van der Waals surface area contributed by atoms with Crippen LogP contribution in [0.2, 0.25) is 5.02 Å². The summed E-state index contributed by atoms with van der Waals surface area (Å²) in [6.07, 6.45) is 3.11. The number of carbonyl (C=O) groups is 2. The maximum atomic E-state index is 12.0. The van der Waals surface area contributed by atoms with Gasteiger partial charge in [0.05, 0.1) is 5.56 Å². The number of carbonyl (C=O) groups excluding carboxylic acids is 1. The van der Waals surface area contributed by atoms with E-state index in [-0.39, 0.29) is 6.42 Å². The second-order valence-corrected chi connectivity index (χ2v) is 4.87. The van der Waals surface area contributed by atoms with Crippen LogP contribution in [0.25, 0.3) is 0 Å². The molecule has 0 spiro atoms. The van der Waals surface area contributed by atoms with Gasteiger partial charge in [-0.1, -0.05) is 23.7 Å². The molecule has 2 aromatic rings. The zero-order valence-electron chi connectivity index (χ0n) is 11.0. The Hall–Kier alpha value is -2.40. The minimum absolute atomic E-state index is 0.179. The van der Waals surface area contributed by atoms with Gasteiger partial charge in [0.2, 0.25) is 0 Å². The number of carboxylic acid groups (broad SMARTS) is 1. The second kappa shape index (κ2) is 6.85. The van der Waals surface area contributed by atoms with Crippen molar-refractivity contribution in [1.82, 2.24) is 10.3 Å². The van der Waals surface area contributed by atoms with Gasteiger partial charge in [-0.15, -0.1) is 0 Å². The van der Waals surface area contributed by atoms with E-state index in [1.165, 1.54) is 6.20 Å². The summed E-state index contributed by atoms with van der Waals surface area (Å²) in [6, 6.07) is 8.99. The Kier molecular flexibility index (Phi) is 4.90. The fourth-order valence-corrected chi connectivity index (χ4v) is 1.92. The maximum Gasteiger partial charge on any atom is 0.326 e. The van der Waals surface area contributed by atoms with Gasteiger partial charge in [-0.2, -0.15) is 0 Å². The third-order valence-electron chi connectivity index (χ3n) is 2.88. The van der Waals surface area contributed by atoms with Gasteiger partial charge in [-0.05, 0) is 29.8 Å². The number of nitrogens with zero attached hydrogens (tertiary/aromatic N) is 1. The number of hydrogen-bond donors (Lipinski definition) is 2. The predicted molar refractivity (Wildman–Crippen MR) is 78.3 cm³/mol. The van der Waals surface area contributed by atoms with Gasteiger partial charge in [-0.25, -0.2) is 4.79 Å². The quantitative estimate of drug-likeness (QED) is 0.887. The molecule has 2 rings (SSSR count). The highest BCUT2D eigenvalue weighted by Crippen LogP contribution is 2.11. The van der Waals surface area contributed by atoms with Crippen LogP contribution in [0.4, 0.5) is 0 Å². The minimum Gasteiger partial charge on any atom is -0.480 e. The largest absolute Gasteiger partial charge is 0.480 e. The SMILES string of the molecule is O=C(N[C@H](Cc1ccc(Cl)cc1)C(=O)O)c1cccnc1. The molecule has 0 bridgehead atoms. The van der Waals surface area contributed by atoms with Crippen molar-refractivity contribution in [1.29, 1.82) is 0 Å². The Morgan fingerprint density at radius 1 is 1.24 bits per heavy atom. The number of aliphatic carboxylic acids is 1. The summed E-state index contributed by atoms with van der Waals surface area (Å²) in [5.74, 6) is -1.56. The summed E-state index contributed by atoms with van der Waals surface area (Å²) in [5.41, 5.74) is 1.10. The Morgan fingerprint density at radius 3 is 2.52 bits per heavy atom. The Morgan fingerprint density at radius 2 is 1.95 bits per heavy atom. The van der Waals surface area contributed by atoms with E-state index in [9.17, 15) is 14.7 Å². The fourth-order valence-electron chi connectivity index (χ4n) is 1.79. The van der Waals surface area contributed by atoms with Crippen LogP contribution in [-0.4, -0.2) is 28.0 Å². The highest BCUT2D eigenvalue weighted by atomic mass is 35.5. The molecular formula is C15H13ClN2O3. The first kappa shape index (κ1) is 15.0. The highest BCUT2D eigenvalue weighted by Gasteiger charge is 2.21. The van der Waals surface area contributed by atoms with Gasteiger partial charge >= 0.3 is 5.97 Å². The molecule has 0 aliphatic rings. The number of amides is 1. The van der Waals surface area contributed by atoms with Gasteiger partial charge in [-0.3, -0.25) is 9.78 Å². The Bertz CT molecular complexity index is 629. The number of hydrogen-bond acceptors (Lipinski definition) is 3. The lowest BCUT2D eigenvalue weighted by molar-refractivity contribution is -0.139. The third-order valence-corrected chi connectivity index (χ3v) is 3.13. The summed E-state index contributed by atoms with van der Waals surface area (Å²) < 4.78 is 0. The van der Waals surface area contributed by atoms with Crippen molar-refractivity contribution < 1.29 is 14.7 Å². The average molecular weight is 305 g/mol. The highest BCUT2D eigenvalue weighted by molar-refractivity contribution is 6.30. The van der Waals surface area contributed by atoms with Gasteiger partial charge in [0.15, 0.2) is 0 Å². The normalized spacial score (nSPS) is 11.7. The molecule has 0 unspecified atom stereocenters. The van der Waals surface area contributed by atoms with Crippen molar-refractivity contribution in [3.05, 3.63) is 64.9 Å². The summed E-state index contributed by atoms with van der Waals surface area (Å²) >= 11 is 5.78. The molecule has 1 atom stereocenters. The van der Waals surface area contributed by atoms with E-state index in [2.05, 4.69) is 10.3 Å². The van der Waals surface area contributed by atoms with Crippen molar-refractivity contribution in [2.75, 3.05) is 0 Å². The maximum absolute atomic E-state index is 12.0. The topological polar surface area (TPSA) is 79.3 Å². The van der Waals surface area contributed by atoms with Crippen LogP contribution in [0, 0.1) is 0 Å². The number of aromatic nitrogens is 1. The first-order valence-corrected chi connectivity index (χ1v) is 6.62. The monoisotopic (exact) mass is 304 g/mol. The number of halogens is 1. The van der Waals surface area contributed by atoms with E-state index in [4.69, 9.17) is 11.6 Å². The fraction of sp³-hybridized carbons (Fsp3) is 0.133. The summed E-state index contributed by atoms with van der Waals surface area (Å²) in [7, 11) is 0. The number of benzene rings is 1. The van der Waals surface area contributed by atoms with Crippen molar-refractivity contribution in [2.24, 2.45) is 0 Å². The van der Waals surface area contributed by atoms with E-state index in [1.807, 2.05) is 0 Å². The lowest BCUT2D eigenvalue weighted by Crippen LogP contribution is -2.42. The van der Waals surface area contributed by atoms with Crippen LogP contribution in [0.1, 0.15) is 15.9 Å². The molecule has 1 heterocycles. The predicted octanol–water partition coefficient (Wildman–Crippen LogP) is 2.16. The molecule has 0 saturated heterocycles. The van der Waals surface area contributed by atoms with Gasteiger partial charge in [0, 0.05) is 23.8 Å². The van der Waals surface area contributed by atoms with Crippen molar-refractivity contribution >= 4 is 23.5 Å². The molecule has 5 nitrogen and oxygen atoms in total.